The van der Waals surface area contributed by atoms with E-state index in [0.717, 1.165) is 53.5 Å². The zero-order valence-corrected chi connectivity index (χ0v) is 44.3. The summed E-state index contributed by atoms with van der Waals surface area (Å²) in [6, 6.07) is 64.9. The smallest absolute Gasteiger partial charge is 0.0656 e. The second-order valence-electron chi connectivity index (χ2n) is 21.6. The highest BCUT2D eigenvalue weighted by molar-refractivity contribution is 6.96. The van der Waals surface area contributed by atoms with Gasteiger partial charge in [0.2, 0.25) is 0 Å². The molecule has 0 saturated heterocycles. The summed E-state index contributed by atoms with van der Waals surface area (Å²) in [6.45, 7) is 42.6. The van der Waals surface area contributed by atoms with Crippen LogP contribution in [0, 0.1) is 97.1 Å². The first-order valence-electron chi connectivity index (χ1n) is 20.3. The molecule has 0 nitrogen and oxygen atoms in total. The maximum atomic E-state index is 3.63. The van der Waals surface area contributed by atoms with Crippen molar-refractivity contribution in [2.24, 2.45) is 0 Å². The Kier molecular flexibility index (Phi) is 12.2. The van der Waals surface area contributed by atoms with Crippen molar-refractivity contribution in [1.29, 1.82) is 0 Å². The van der Waals surface area contributed by atoms with E-state index in [2.05, 4.69) is 239 Å². The Morgan fingerprint density at radius 1 is 0.224 bits per heavy atom. The maximum absolute atomic E-state index is 3.63. The van der Waals surface area contributed by atoms with Crippen molar-refractivity contribution in [3.63, 3.8) is 0 Å². The normalized spacial score (nSPS) is 11.9. The molecule has 290 valence electrons. The summed E-state index contributed by atoms with van der Waals surface area (Å²) >= 11 is 0. The van der Waals surface area contributed by atoms with Crippen LogP contribution in [0.25, 0.3) is 43.1 Å². The van der Waals surface area contributed by atoms with E-state index in [0.29, 0.717) is 0 Å². The van der Waals surface area contributed by atoms with Crippen molar-refractivity contribution in [3.8, 4) is 0 Å². The third kappa shape index (κ3) is 9.49. The molecule has 0 N–H and O–H groups in total. The van der Waals surface area contributed by atoms with Gasteiger partial charge in [-0.15, -0.1) is 0 Å². The highest BCUT2D eigenvalue weighted by Gasteiger charge is 2.30. The van der Waals surface area contributed by atoms with Crippen LogP contribution in [0.2, 0.25) is 118 Å². The van der Waals surface area contributed by atoms with Crippen molar-refractivity contribution in [2.75, 3.05) is 0 Å². The van der Waals surface area contributed by atoms with Gasteiger partial charge in [-0.25, -0.2) is 0 Å². The largest absolute Gasteiger partial charge is 0.0810 e. The fourth-order valence-electron chi connectivity index (χ4n) is 7.72. The van der Waals surface area contributed by atoms with Gasteiger partial charge in [0, 0.05) is 43.1 Å². The lowest BCUT2D eigenvalue weighted by Gasteiger charge is -2.24. The van der Waals surface area contributed by atoms with Crippen molar-refractivity contribution in [3.05, 3.63) is 121 Å². The van der Waals surface area contributed by atoms with Crippen molar-refractivity contribution >= 4 is 123 Å². The van der Waals surface area contributed by atoms with Crippen LogP contribution in [0.3, 0.4) is 0 Å². The Morgan fingerprint density at radius 2 is 0.379 bits per heavy atom. The zero-order valence-electron chi connectivity index (χ0n) is 38.3. The molecule has 0 heterocycles. The Bertz CT molecular complexity index is 2220. The summed E-state index contributed by atoms with van der Waals surface area (Å²) in [4.78, 5) is 0. The highest BCUT2D eigenvalue weighted by atomic mass is 28.3. The lowest BCUT2D eigenvalue weighted by atomic mass is 10.1. The second-order valence-corrected chi connectivity index (χ2v) is 51.7. The molecular weight excluding hydrogens is 793 g/mol. The molecule has 0 aromatic heterocycles. The lowest BCUT2D eigenvalue weighted by Crippen LogP contribution is -2.44. The average Bonchev–Trinajstić information content (AvgIpc) is 3.05. The van der Waals surface area contributed by atoms with E-state index < -0.39 is 48.4 Å². The van der Waals surface area contributed by atoms with E-state index in [1.54, 1.807) is 0 Å². The van der Waals surface area contributed by atoms with E-state index in [4.69, 9.17) is 0 Å². The summed E-state index contributed by atoms with van der Waals surface area (Å²) in [5.74, 6) is 0. The van der Waals surface area contributed by atoms with Gasteiger partial charge >= 0.3 is 0 Å². The van der Waals surface area contributed by atoms with E-state index in [1.165, 1.54) is 20.7 Å². The van der Waals surface area contributed by atoms with Crippen LogP contribution >= 0.6 is 0 Å². The van der Waals surface area contributed by atoms with Crippen LogP contribution in [-0.4, -0.2) is 48.4 Å². The van der Waals surface area contributed by atoms with Crippen molar-refractivity contribution in [2.45, 2.75) is 118 Å². The molecule has 0 aliphatic heterocycles. The molecule has 0 saturated carbocycles. The molecule has 0 radical (unpaired) electrons. The summed E-state index contributed by atoms with van der Waals surface area (Å²) < 4.78 is 0. The number of rotatable bonds is 6. The van der Waals surface area contributed by atoms with E-state index in [-0.39, 0.29) is 0 Å². The molecule has 0 atom stereocenters. The Hall–Kier alpha value is -4.56. The summed E-state index contributed by atoms with van der Waals surface area (Å²) in [5.41, 5.74) is 0. The monoisotopic (exact) mass is 850 g/mol. The number of hydrogen-bond acceptors (Lipinski definition) is 0. The first kappa shape index (κ1) is 44.5. The molecule has 58 heavy (non-hydrogen) atoms. The van der Waals surface area contributed by atoms with E-state index in [1.807, 2.05) is 0 Å². The van der Waals surface area contributed by atoms with Gasteiger partial charge in [-0.3, -0.25) is 0 Å². The molecule has 0 aliphatic carbocycles. The van der Waals surface area contributed by atoms with Crippen LogP contribution in [0.5, 0.6) is 0 Å². The van der Waals surface area contributed by atoms with Crippen LogP contribution in [0.15, 0.2) is 24.3 Å². The van der Waals surface area contributed by atoms with Gasteiger partial charge in [0.25, 0.3) is 0 Å². The molecule has 0 amide bonds. The molecule has 6 heteroatoms. The van der Waals surface area contributed by atoms with E-state index >= 15 is 0 Å². The van der Waals surface area contributed by atoms with Gasteiger partial charge in [0.05, 0.1) is 48.4 Å². The molecule has 0 fully saturated rings. The fraction of sp³-hybridized carbons (Fsp3) is 0.346. The van der Waals surface area contributed by atoms with Crippen LogP contribution in [-0.2, 0) is 0 Å². The third-order valence-electron chi connectivity index (χ3n) is 10.4. The number of fused-ring (bicyclic) bond motifs is 4. The minimum Gasteiger partial charge on any atom is -0.0656 e. The van der Waals surface area contributed by atoms with E-state index in [9.17, 15) is 0 Å². The Labute approximate surface area is 359 Å². The summed E-state index contributed by atoms with van der Waals surface area (Å²) in [5, 5.41) is 15.4. The number of benzene rings is 3. The minimum absolute atomic E-state index is 0.925. The van der Waals surface area contributed by atoms with Crippen molar-refractivity contribution in [1.82, 2.24) is 0 Å². The zero-order chi connectivity index (χ0) is 43.2. The molecule has 5 aromatic carbocycles. The fourth-order valence-corrected chi connectivity index (χ4v) is 17.6. The van der Waals surface area contributed by atoms with Gasteiger partial charge in [-0.1, -0.05) is 191 Å². The SMILES string of the molecule is C[Si](C)(C)c1ccc([Si](C)(C)C)c2c#cc#cc3c([Si](C)(C)C)c4c#cc#cc5c([Si](C)(C)C)ccc([Si](C)(C)C)c5c#cc#cc4c([Si](C)(C)C)c3c#cc#cc12. The van der Waals surface area contributed by atoms with Gasteiger partial charge in [0.1, 0.15) is 0 Å². The van der Waals surface area contributed by atoms with Gasteiger partial charge in [0.15, 0.2) is 0 Å². The molecular formula is C52H58Si6. The predicted octanol–water partition coefficient (Wildman–Crippen LogP) is 9.75. The number of hydrogen-bond donors (Lipinski definition) is 0. The minimum atomic E-state index is -2.17. The molecule has 0 bridgehead atoms. The van der Waals surface area contributed by atoms with Gasteiger partial charge in [-0.2, -0.15) is 0 Å². The maximum Gasteiger partial charge on any atom is 0.0810 e. The van der Waals surface area contributed by atoms with Crippen LogP contribution in [0.4, 0.5) is 0 Å². The molecule has 0 unspecified atom stereocenters. The van der Waals surface area contributed by atoms with Gasteiger partial charge in [-0.05, 0) is 79.7 Å². The molecule has 5 rings (SSSR count). The topological polar surface area (TPSA) is 0 Å². The Morgan fingerprint density at radius 3 is 0.517 bits per heavy atom. The first-order valence-corrected chi connectivity index (χ1v) is 41.3. The first-order chi connectivity index (χ1) is 26.6. The predicted molar refractivity (Wildman–Crippen MR) is 269 cm³/mol. The summed E-state index contributed by atoms with van der Waals surface area (Å²) in [7, 11) is -11.4. The molecule has 0 aliphatic rings. The Balaban J connectivity index is 2.06. The third-order valence-corrected chi connectivity index (χ3v) is 22.5. The molecule has 5 aromatic rings. The average molecular weight is 852 g/mol. The quantitative estimate of drug-likeness (QED) is 0.150. The van der Waals surface area contributed by atoms with Crippen LogP contribution < -0.4 is 31.1 Å². The van der Waals surface area contributed by atoms with Crippen molar-refractivity contribution < 1.29 is 0 Å². The highest BCUT2D eigenvalue weighted by Crippen LogP contribution is 2.22. The standard InChI is InChI=1S/C52H58Si6/c1-53(2,3)47-35-36-48(54(4,5)6)40-28-20-24-32-44-43(31-23-19-27-39(40)47)51(57(13,14)15)45-33-25-21-29-41-42(30-22-26-34-46(45)52(44)58(16,17)18)50(56(10,11)12)38-37-49(41)55(7,8)9/h35-38H,1-18H3. The lowest BCUT2D eigenvalue weighted by molar-refractivity contribution is 1.71. The second kappa shape index (κ2) is 15.9. The molecule has 0 spiro atoms. The van der Waals surface area contributed by atoms with Gasteiger partial charge < -0.3 is 0 Å². The summed E-state index contributed by atoms with van der Waals surface area (Å²) in [6.07, 6.45) is 0. The van der Waals surface area contributed by atoms with Crippen LogP contribution in [0.1, 0.15) is 0 Å².